The highest BCUT2D eigenvalue weighted by Crippen LogP contribution is 2.02. The van der Waals surface area contributed by atoms with Crippen LogP contribution in [0.25, 0.3) is 0 Å². The van der Waals surface area contributed by atoms with Crippen LogP contribution in [0.4, 0.5) is 0 Å². The first-order chi connectivity index (χ1) is 7.47. The molecular formula is C11H21N3O2. The van der Waals surface area contributed by atoms with Crippen molar-refractivity contribution in [2.24, 2.45) is 5.92 Å². The van der Waals surface area contributed by atoms with Crippen LogP contribution in [-0.2, 0) is 13.1 Å². The molecule has 1 heterocycles. The van der Waals surface area contributed by atoms with Crippen LogP contribution < -0.4 is 10.9 Å². The van der Waals surface area contributed by atoms with E-state index in [2.05, 4.69) is 10.4 Å². The largest absolute Gasteiger partial charge is 0.378 e. The van der Waals surface area contributed by atoms with Crippen LogP contribution in [0.15, 0.2) is 4.79 Å². The minimum Gasteiger partial charge on any atom is -0.378 e. The van der Waals surface area contributed by atoms with Gasteiger partial charge in [-0.15, -0.1) is 0 Å². The molecule has 0 spiro atoms. The van der Waals surface area contributed by atoms with Crippen molar-refractivity contribution in [3.8, 4) is 0 Å². The van der Waals surface area contributed by atoms with Gasteiger partial charge in [0.25, 0.3) is 5.56 Å². The summed E-state index contributed by atoms with van der Waals surface area (Å²) in [5.41, 5.74) is 1.54. The minimum absolute atomic E-state index is 0.0107. The number of aromatic nitrogens is 2. The Balaban J connectivity index is 2.74. The van der Waals surface area contributed by atoms with E-state index in [0.29, 0.717) is 18.7 Å². The summed E-state index contributed by atoms with van der Waals surface area (Å²) in [6.45, 7) is 8.65. The molecule has 0 aliphatic heterocycles. The second-order valence-corrected chi connectivity index (χ2v) is 4.33. The first-order valence-electron chi connectivity index (χ1n) is 5.67. The lowest BCUT2D eigenvalue weighted by Crippen LogP contribution is -2.34. The van der Waals surface area contributed by atoms with Crippen molar-refractivity contribution in [3.05, 3.63) is 21.6 Å². The van der Waals surface area contributed by atoms with Gasteiger partial charge in [0.15, 0.2) is 0 Å². The Hall–Kier alpha value is -1.07. The maximum absolute atomic E-state index is 11.8. The number of aliphatic hydroxyl groups is 1. The Kier molecular flexibility index (Phi) is 4.32. The van der Waals surface area contributed by atoms with Crippen molar-refractivity contribution in [1.29, 1.82) is 0 Å². The van der Waals surface area contributed by atoms with Crippen molar-refractivity contribution >= 4 is 0 Å². The number of H-pyrrole nitrogens is 1. The summed E-state index contributed by atoms with van der Waals surface area (Å²) in [6, 6.07) is 0. The van der Waals surface area contributed by atoms with Crippen molar-refractivity contribution in [3.63, 3.8) is 0 Å². The van der Waals surface area contributed by atoms with E-state index in [4.69, 9.17) is 0 Å². The van der Waals surface area contributed by atoms with Gasteiger partial charge in [0.05, 0.1) is 5.56 Å². The predicted molar refractivity (Wildman–Crippen MR) is 63.1 cm³/mol. The Morgan fingerprint density at radius 3 is 2.56 bits per heavy atom. The zero-order valence-corrected chi connectivity index (χ0v) is 10.4. The van der Waals surface area contributed by atoms with E-state index in [0.717, 1.165) is 5.69 Å². The number of rotatable bonds is 5. The summed E-state index contributed by atoms with van der Waals surface area (Å²) in [7, 11) is 0. The highest BCUT2D eigenvalue weighted by Gasteiger charge is 2.13. The normalized spacial score (nSPS) is 13.4. The number of nitrogens with zero attached hydrogens (tertiary/aromatic N) is 1. The summed E-state index contributed by atoms with van der Waals surface area (Å²) < 4.78 is 1.56. The van der Waals surface area contributed by atoms with Crippen molar-refractivity contribution in [2.75, 3.05) is 0 Å². The third-order valence-electron chi connectivity index (χ3n) is 2.69. The third kappa shape index (κ3) is 2.74. The van der Waals surface area contributed by atoms with Crippen molar-refractivity contribution < 1.29 is 5.11 Å². The van der Waals surface area contributed by atoms with Gasteiger partial charge < -0.3 is 5.11 Å². The number of nitrogens with one attached hydrogen (secondary N) is 2. The molecule has 0 aromatic carbocycles. The second-order valence-electron chi connectivity index (χ2n) is 4.33. The monoisotopic (exact) mass is 227 g/mol. The lowest BCUT2D eigenvalue weighted by Gasteiger charge is -2.15. The predicted octanol–water partition coefficient (Wildman–Crippen LogP) is 0.569. The molecule has 0 aliphatic rings. The highest BCUT2D eigenvalue weighted by molar-refractivity contribution is 5.15. The van der Waals surface area contributed by atoms with Gasteiger partial charge in [-0.05, 0) is 19.8 Å². The molecule has 0 fully saturated rings. The van der Waals surface area contributed by atoms with Gasteiger partial charge in [-0.3, -0.25) is 19.9 Å². The molecule has 1 atom stereocenters. The summed E-state index contributed by atoms with van der Waals surface area (Å²) in [4.78, 5) is 11.8. The number of aliphatic hydroxyl groups excluding tert-OH is 1. The van der Waals surface area contributed by atoms with Gasteiger partial charge in [0.2, 0.25) is 0 Å². The molecule has 5 nitrogen and oxygen atoms in total. The fraction of sp³-hybridized carbons (Fsp3) is 0.727. The fourth-order valence-corrected chi connectivity index (χ4v) is 1.52. The number of hydrogen-bond acceptors (Lipinski definition) is 3. The molecule has 92 valence electrons. The molecule has 0 aliphatic carbocycles. The van der Waals surface area contributed by atoms with Crippen LogP contribution in [0.2, 0.25) is 0 Å². The number of aryl methyl sites for hydroxylation is 2. The Labute approximate surface area is 95.5 Å². The van der Waals surface area contributed by atoms with Crippen molar-refractivity contribution in [2.45, 2.75) is 47.0 Å². The van der Waals surface area contributed by atoms with Crippen LogP contribution in [0.3, 0.4) is 0 Å². The Bertz CT molecular complexity index is 392. The van der Waals surface area contributed by atoms with Crippen LogP contribution in [-0.4, -0.2) is 21.1 Å². The van der Waals surface area contributed by atoms with Gasteiger partial charge in [-0.1, -0.05) is 13.8 Å². The first-order valence-corrected chi connectivity index (χ1v) is 5.67. The summed E-state index contributed by atoms with van der Waals surface area (Å²) in [6.07, 6.45) is -0.580. The number of hydrogen-bond donors (Lipinski definition) is 3. The van der Waals surface area contributed by atoms with E-state index >= 15 is 0 Å². The summed E-state index contributed by atoms with van der Waals surface area (Å²) in [5.74, 6) is 0.132. The lowest BCUT2D eigenvalue weighted by molar-refractivity contribution is 0.0887. The zero-order valence-electron chi connectivity index (χ0n) is 10.4. The molecule has 0 amide bonds. The molecular weight excluding hydrogens is 206 g/mol. The van der Waals surface area contributed by atoms with Crippen LogP contribution in [0.1, 0.15) is 32.0 Å². The maximum atomic E-state index is 11.8. The molecule has 0 radical (unpaired) electrons. The molecule has 1 rings (SSSR count). The van der Waals surface area contributed by atoms with E-state index in [1.165, 1.54) is 0 Å². The van der Waals surface area contributed by atoms with Gasteiger partial charge >= 0.3 is 0 Å². The summed E-state index contributed by atoms with van der Waals surface area (Å²) in [5, 5.41) is 15.5. The van der Waals surface area contributed by atoms with Crippen LogP contribution >= 0.6 is 0 Å². The van der Waals surface area contributed by atoms with E-state index in [1.54, 1.807) is 4.68 Å². The number of aromatic amines is 1. The van der Waals surface area contributed by atoms with Gasteiger partial charge in [0.1, 0.15) is 6.23 Å². The average Bonchev–Trinajstić information content (AvgIpc) is 2.51. The molecule has 1 aromatic heterocycles. The first kappa shape index (κ1) is 13.0. The third-order valence-corrected chi connectivity index (χ3v) is 2.69. The van der Waals surface area contributed by atoms with Gasteiger partial charge in [0, 0.05) is 18.8 Å². The molecule has 1 aromatic rings. The summed E-state index contributed by atoms with van der Waals surface area (Å²) >= 11 is 0. The molecule has 0 saturated carbocycles. The minimum atomic E-state index is -0.580. The van der Waals surface area contributed by atoms with Crippen LogP contribution in [0.5, 0.6) is 0 Å². The van der Waals surface area contributed by atoms with E-state index < -0.39 is 6.23 Å². The van der Waals surface area contributed by atoms with Gasteiger partial charge in [-0.2, -0.15) is 0 Å². The fourth-order valence-electron chi connectivity index (χ4n) is 1.52. The molecule has 3 N–H and O–H groups in total. The molecule has 5 heteroatoms. The van der Waals surface area contributed by atoms with E-state index in [9.17, 15) is 9.90 Å². The average molecular weight is 227 g/mol. The quantitative estimate of drug-likeness (QED) is 0.644. The molecule has 0 bridgehead atoms. The topological polar surface area (TPSA) is 70.1 Å². The molecule has 1 unspecified atom stereocenters. The highest BCUT2D eigenvalue weighted by atomic mass is 16.3. The second kappa shape index (κ2) is 5.32. The van der Waals surface area contributed by atoms with E-state index in [1.807, 2.05) is 27.7 Å². The standard InChI is InChI=1S/C11H21N3O2/c1-5-14-11(16)9(8(4)13-14)6-12-10(15)7(2)3/h7,10,12-13,15H,5-6H2,1-4H3. The molecule has 0 saturated heterocycles. The smallest absolute Gasteiger partial charge is 0.271 e. The molecule has 16 heavy (non-hydrogen) atoms. The Morgan fingerprint density at radius 1 is 1.50 bits per heavy atom. The zero-order chi connectivity index (χ0) is 12.3. The van der Waals surface area contributed by atoms with Crippen molar-refractivity contribution in [1.82, 2.24) is 15.1 Å². The maximum Gasteiger partial charge on any atom is 0.271 e. The lowest BCUT2D eigenvalue weighted by atomic mass is 10.2. The van der Waals surface area contributed by atoms with E-state index in [-0.39, 0.29) is 11.5 Å². The van der Waals surface area contributed by atoms with Crippen LogP contribution in [0, 0.1) is 12.8 Å². The van der Waals surface area contributed by atoms with Gasteiger partial charge in [-0.25, -0.2) is 0 Å². The SMILES string of the molecule is CCn1[nH]c(C)c(CNC(O)C(C)C)c1=O. The Morgan fingerprint density at radius 2 is 2.12 bits per heavy atom.